The number of hydrogen-bond acceptors (Lipinski definition) is 3. The summed E-state index contributed by atoms with van der Waals surface area (Å²) < 4.78 is 2.25. The molecule has 1 aliphatic heterocycles. The van der Waals surface area contributed by atoms with Gasteiger partial charge in [0.25, 0.3) is 0 Å². The molecule has 0 aromatic carbocycles. The van der Waals surface area contributed by atoms with E-state index >= 15 is 0 Å². The van der Waals surface area contributed by atoms with E-state index < -0.39 is 0 Å². The van der Waals surface area contributed by atoms with Crippen LogP contribution in [0.3, 0.4) is 0 Å². The van der Waals surface area contributed by atoms with Crippen molar-refractivity contribution in [3.05, 3.63) is 24.2 Å². The van der Waals surface area contributed by atoms with Gasteiger partial charge in [0.2, 0.25) is 0 Å². The van der Waals surface area contributed by atoms with Crippen LogP contribution in [0.25, 0.3) is 11.2 Å². The molecule has 19 heavy (non-hydrogen) atoms. The Morgan fingerprint density at radius 1 is 1.47 bits per heavy atom. The number of imidazole rings is 1. The topological polar surface area (TPSA) is 42.7 Å². The van der Waals surface area contributed by atoms with Gasteiger partial charge in [0.1, 0.15) is 11.3 Å². The van der Waals surface area contributed by atoms with Crippen LogP contribution in [0, 0.1) is 5.41 Å². The molecule has 102 valence electrons. The van der Waals surface area contributed by atoms with Crippen LogP contribution >= 0.6 is 0 Å². The molecule has 0 saturated carbocycles. The van der Waals surface area contributed by atoms with Crippen LogP contribution in [0.1, 0.15) is 45.5 Å². The normalized spacial score (nSPS) is 22.8. The average Bonchev–Trinajstić information content (AvgIpc) is 2.76. The summed E-state index contributed by atoms with van der Waals surface area (Å²) in [5.74, 6) is 1.14. The van der Waals surface area contributed by atoms with Crippen molar-refractivity contribution in [2.24, 2.45) is 5.41 Å². The quantitative estimate of drug-likeness (QED) is 0.900. The van der Waals surface area contributed by atoms with E-state index in [1.54, 1.807) is 0 Å². The van der Waals surface area contributed by atoms with Crippen molar-refractivity contribution < 1.29 is 0 Å². The molecular weight excluding hydrogens is 236 g/mol. The second-order valence-corrected chi connectivity index (χ2v) is 6.04. The minimum Gasteiger partial charge on any atom is -0.312 e. The first-order valence-electron chi connectivity index (χ1n) is 7.18. The Hall–Kier alpha value is -1.42. The van der Waals surface area contributed by atoms with Crippen molar-refractivity contribution in [3.8, 4) is 0 Å². The predicted octanol–water partition coefficient (Wildman–Crippen LogP) is 2.90. The maximum Gasteiger partial charge on any atom is 0.160 e. The Kier molecular flexibility index (Phi) is 3.05. The van der Waals surface area contributed by atoms with E-state index in [9.17, 15) is 0 Å². The summed E-state index contributed by atoms with van der Waals surface area (Å²) in [6, 6.07) is 4.32. The Labute approximate surface area is 114 Å². The van der Waals surface area contributed by atoms with Gasteiger partial charge in [-0.25, -0.2) is 9.97 Å². The summed E-state index contributed by atoms with van der Waals surface area (Å²) in [5, 5.41) is 3.65. The number of pyridine rings is 1. The Morgan fingerprint density at radius 2 is 2.32 bits per heavy atom. The van der Waals surface area contributed by atoms with E-state index in [0.29, 0.717) is 6.04 Å². The highest BCUT2D eigenvalue weighted by Gasteiger charge is 2.36. The molecule has 1 fully saturated rings. The summed E-state index contributed by atoms with van der Waals surface area (Å²) in [7, 11) is 0. The lowest BCUT2D eigenvalue weighted by molar-refractivity contribution is 0.171. The second-order valence-electron chi connectivity index (χ2n) is 6.04. The third-order valence-corrected chi connectivity index (χ3v) is 4.24. The second kappa shape index (κ2) is 4.60. The van der Waals surface area contributed by atoms with E-state index in [1.165, 1.54) is 12.8 Å². The van der Waals surface area contributed by atoms with Gasteiger partial charge in [0.15, 0.2) is 5.65 Å². The van der Waals surface area contributed by atoms with Crippen molar-refractivity contribution in [2.45, 2.75) is 46.2 Å². The van der Waals surface area contributed by atoms with Crippen molar-refractivity contribution >= 4 is 11.2 Å². The number of piperidine rings is 1. The highest BCUT2D eigenvalue weighted by atomic mass is 15.2. The fraction of sp³-hybridized carbons (Fsp3) is 0.600. The van der Waals surface area contributed by atoms with Crippen LogP contribution in [0.2, 0.25) is 0 Å². The van der Waals surface area contributed by atoms with Gasteiger partial charge in [0.05, 0.1) is 6.04 Å². The zero-order chi connectivity index (χ0) is 13.5. The lowest BCUT2D eigenvalue weighted by atomic mass is 9.77. The molecule has 1 N–H and O–H groups in total. The maximum absolute atomic E-state index is 4.84. The van der Waals surface area contributed by atoms with Gasteiger partial charge in [-0.3, -0.25) is 0 Å². The zero-order valence-electron chi connectivity index (χ0n) is 12.0. The molecule has 4 heteroatoms. The Morgan fingerprint density at radius 3 is 3.05 bits per heavy atom. The Bertz CT molecular complexity index is 585. The van der Waals surface area contributed by atoms with Gasteiger partial charge in [-0.15, -0.1) is 0 Å². The standard InChI is InChI=1S/C15H22N4/c1-4-19-13-11(7-5-9-17-13)18-14(19)12-15(2,3)8-6-10-16-12/h5,7,9,12,16H,4,6,8,10H2,1-3H3. The first-order chi connectivity index (χ1) is 9.13. The van der Waals surface area contributed by atoms with E-state index in [4.69, 9.17) is 4.98 Å². The minimum absolute atomic E-state index is 0.243. The van der Waals surface area contributed by atoms with Gasteiger partial charge >= 0.3 is 0 Å². The van der Waals surface area contributed by atoms with Crippen LogP contribution in [0.4, 0.5) is 0 Å². The molecule has 3 heterocycles. The number of nitrogens with zero attached hydrogens (tertiary/aromatic N) is 3. The zero-order valence-corrected chi connectivity index (χ0v) is 12.0. The molecule has 2 aromatic heterocycles. The number of nitrogens with one attached hydrogen (secondary N) is 1. The van der Waals surface area contributed by atoms with Crippen LogP contribution < -0.4 is 5.32 Å². The van der Waals surface area contributed by atoms with Gasteiger partial charge in [-0.2, -0.15) is 0 Å². The number of hydrogen-bond donors (Lipinski definition) is 1. The molecule has 0 aliphatic carbocycles. The molecule has 4 nitrogen and oxygen atoms in total. The monoisotopic (exact) mass is 258 g/mol. The van der Waals surface area contributed by atoms with Crippen molar-refractivity contribution in [1.82, 2.24) is 19.9 Å². The molecule has 1 aliphatic rings. The number of rotatable bonds is 2. The smallest absolute Gasteiger partial charge is 0.160 e. The largest absolute Gasteiger partial charge is 0.312 e. The van der Waals surface area contributed by atoms with E-state index in [1.807, 2.05) is 18.3 Å². The molecular formula is C15H22N4. The van der Waals surface area contributed by atoms with Crippen molar-refractivity contribution in [1.29, 1.82) is 0 Å². The average molecular weight is 258 g/mol. The molecule has 1 unspecified atom stereocenters. The van der Waals surface area contributed by atoms with E-state index in [2.05, 4.69) is 35.6 Å². The minimum atomic E-state index is 0.243. The molecule has 0 spiro atoms. The molecule has 2 aromatic rings. The molecule has 1 atom stereocenters. The molecule has 0 radical (unpaired) electrons. The van der Waals surface area contributed by atoms with Gasteiger partial charge in [-0.05, 0) is 43.9 Å². The first kappa shape index (κ1) is 12.6. The lowest BCUT2D eigenvalue weighted by Gasteiger charge is -2.39. The van der Waals surface area contributed by atoms with E-state index in [-0.39, 0.29) is 5.41 Å². The summed E-state index contributed by atoms with van der Waals surface area (Å²) in [4.78, 5) is 9.33. The number of aryl methyl sites for hydroxylation is 1. The van der Waals surface area contributed by atoms with Crippen molar-refractivity contribution in [2.75, 3.05) is 6.54 Å². The molecule has 1 saturated heterocycles. The Balaban J connectivity index is 2.13. The molecule has 3 rings (SSSR count). The fourth-order valence-corrected chi connectivity index (χ4v) is 3.16. The highest BCUT2D eigenvalue weighted by Crippen LogP contribution is 2.40. The lowest BCUT2D eigenvalue weighted by Crippen LogP contribution is -2.41. The maximum atomic E-state index is 4.84. The summed E-state index contributed by atoms with van der Waals surface area (Å²) in [6.45, 7) is 8.81. The predicted molar refractivity (Wildman–Crippen MR) is 77.0 cm³/mol. The third-order valence-electron chi connectivity index (χ3n) is 4.24. The SMILES string of the molecule is CCn1c(C2NCCCC2(C)C)nc2cccnc21. The van der Waals surface area contributed by atoms with Crippen LogP contribution in [-0.4, -0.2) is 21.1 Å². The van der Waals surface area contributed by atoms with Crippen molar-refractivity contribution in [3.63, 3.8) is 0 Å². The van der Waals surface area contributed by atoms with Crippen LogP contribution in [0.5, 0.6) is 0 Å². The van der Waals surface area contributed by atoms with Gasteiger partial charge in [-0.1, -0.05) is 13.8 Å². The highest BCUT2D eigenvalue weighted by molar-refractivity contribution is 5.71. The number of aromatic nitrogens is 3. The van der Waals surface area contributed by atoms with Gasteiger partial charge < -0.3 is 9.88 Å². The third kappa shape index (κ3) is 2.04. The van der Waals surface area contributed by atoms with Crippen LogP contribution in [-0.2, 0) is 6.54 Å². The van der Waals surface area contributed by atoms with Crippen LogP contribution in [0.15, 0.2) is 18.3 Å². The summed E-state index contributed by atoms with van der Waals surface area (Å²) in [6.07, 6.45) is 4.33. The van der Waals surface area contributed by atoms with Gasteiger partial charge in [0, 0.05) is 12.7 Å². The summed E-state index contributed by atoms with van der Waals surface area (Å²) in [5.41, 5.74) is 2.25. The number of fused-ring (bicyclic) bond motifs is 1. The fourth-order valence-electron chi connectivity index (χ4n) is 3.16. The first-order valence-corrected chi connectivity index (χ1v) is 7.18. The molecule has 0 amide bonds. The summed E-state index contributed by atoms with van der Waals surface area (Å²) >= 11 is 0. The van der Waals surface area contributed by atoms with E-state index in [0.717, 1.165) is 30.1 Å². The molecule has 0 bridgehead atoms.